The number of halogens is 1. The minimum Gasteiger partial charge on any atom is -0.373 e. The Morgan fingerprint density at radius 2 is 2.10 bits per heavy atom. The Hall–Kier alpha value is -1.16. The van der Waals surface area contributed by atoms with Crippen molar-refractivity contribution in [2.75, 3.05) is 6.61 Å². The van der Waals surface area contributed by atoms with Crippen LogP contribution in [-0.2, 0) is 11.2 Å². The van der Waals surface area contributed by atoms with Crippen LogP contribution in [0.5, 0.6) is 0 Å². The topological polar surface area (TPSA) is 35.2 Å². The number of aryl methyl sites for hydroxylation is 1. The van der Waals surface area contributed by atoms with Gasteiger partial charge < -0.3 is 10.5 Å². The maximum Gasteiger partial charge on any atom is 0.0845 e. The van der Waals surface area contributed by atoms with Gasteiger partial charge in [0.25, 0.3) is 0 Å². The molecule has 0 aromatic heterocycles. The Bertz CT molecular complexity index is 641. The zero-order chi connectivity index (χ0) is 14.8. The quantitative estimate of drug-likeness (QED) is 0.891. The molecule has 110 valence electrons. The first kappa shape index (κ1) is 14.8. The summed E-state index contributed by atoms with van der Waals surface area (Å²) in [6, 6.07) is 14.8. The van der Waals surface area contributed by atoms with Crippen LogP contribution in [0.2, 0.25) is 0 Å². The highest BCUT2D eigenvalue weighted by Crippen LogP contribution is 2.35. The lowest BCUT2D eigenvalue weighted by Crippen LogP contribution is -2.21. The Morgan fingerprint density at radius 3 is 2.90 bits per heavy atom. The predicted octanol–water partition coefficient (Wildman–Crippen LogP) is 4.46. The third-order valence-electron chi connectivity index (χ3n) is 4.12. The van der Waals surface area contributed by atoms with E-state index in [1.807, 2.05) is 0 Å². The van der Waals surface area contributed by atoms with E-state index in [1.54, 1.807) is 0 Å². The standard InChI is InChI=1S/C18H20BrNO/c1-12-6-7-15(16(19)10-12)17(20)11-18-14-5-3-2-4-13(14)8-9-21-18/h2-7,10,17-18H,8-9,11,20H2,1H3. The summed E-state index contributed by atoms with van der Waals surface area (Å²) in [4.78, 5) is 0. The maximum absolute atomic E-state index is 6.42. The van der Waals surface area contributed by atoms with E-state index in [2.05, 4.69) is 65.3 Å². The molecule has 0 radical (unpaired) electrons. The van der Waals surface area contributed by atoms with E-state index in [0.717, 1.165) is 29.5 Å². The minimum absolute atomic E-state index is 0.0314. The Balaban J connectivity index is 1.81. The summed E-state index contributed by atoms with van der Waals surface area (Å²) in [5.74, 6) is 0. The van der Waals surface area contributed by atoms with Gasteiger partial charge in [0.2, 0.25) is 0 Å². The van der Waals surface area contributed by atoms with Gasteiger partial charge in [-0.15, -0.1) is 0 Å². The van der Waals surface area contributed by atoms with Gasteiger partial charge in [0.1, 0.15) is 0 Å². The Kier molecular flexibility index (Phi) is 4.43. The fourth-order valence-corrected chi connectivity index (χ4v) is 3.75. The SMILES string of the molecule is Cc1ccc(C(N)CC2OCCc3ccccc32)c(Br)c1. The monoisotopic (exact) mass is 345 g/mol. The summed E-state index contributed by atoms with van der Waals surface area (Å²) >= 11 is 3.62. The molecule has 2 atom stereocenters. The van der Waals surface area contributed by atoms with Crippen LogP contribution in [-0.4, -0.2) is 6.61 Å². The minimum atomic E-state index is -0.0314. The molecule has 21 heavy (non-hydrogen) atoms. The van der Waals surface area contributed by atoms with E-state index in [1.165, 1.54) is 16.7 Å². The largest absolute Gasteiger partial charge is 0.373 e. The van der Waals surface area contributed by atoms with Crippen molar-refractivity contribution in [2.24, 2.45) is 5.73 Å². The number of nitrogens with two attached hydrogens (primary N) is 1. The molecule has 0 saturated carbocycles. The number of hydrogen-bond acceptors (Lipinski definition) is 2. The van der Waals surface area contributed by atoms with Crippen LogP contribution in [0.4, 0.5) is 0 Å². The summed E-state index contributed by atoms with van der Waals surface area (Å²) in [6.45, 7) is 2.87. The second-order valence-corrected chi connectivity index (χ2v) is 6.53. The maximum atomic E-state index is 6.42. The third kappa shape index (κ3) is 3.20. The van der Waals surface area contributed by atoms with Crippen LogP contribution in [0.3, 0.4) is 0 Å². The van der Waals surface area contributed by atoms with Gasteiger partial charge in [0.05, 0.1) is 12.7 Å². The molecular formula is C18H20BrNO. The number of hydrogen-bond donors (Lipinski definition) is 1. The lowest BCUT2D eigenvalue weighted by molar-refractivity contribution is 0.0319. The van der Waals surface area contributed by atoms with Gasteiger partial charge in [-0.1, -0.05) is 52.3 Å². The van der Waals surface area contributed by atoms with E-state index in [4.69, 9.17) is 10.5 Å². The predicted molar refractivity (Wildman–Crippen MR) is 89.3 cm³/mol. The van der Waals surface area contributed by atoms with Crippen molar-refractivity contribution in [3.8, 4) is 0 Å². The van der Waals surface area contributed by atoms with Crippen molar-refractivity contribution in [3.63, 3.8) is 0 Å². The van der Waals surface area contributed by atoms with Crippen molar-refractivity contribution in [2.45, 2.75) is 31.9 Å². The summed E-state index contributed by atoms with van der Waals surface area (Å²) in [5, 5.41) is 0. The molecule has 1 aliphatic rings. The van der Waals surface area contributed by atoms with Crippen LogP contribution < -0.4 is 5.73 Å². The highest BCUT2D eigenvalue weighted by atomic mass is 79.9. The van der Waals surface area contributed by atoms with E-state index in [9.17, 15) is 0 Å². The summed E-state index contributed by atoms with van der Waals surface area (Å²) in [5.41, 5.74) is 11.5. The van der Waals surface area contributed by atoms with Crippen molar-refractivity contribution in [1.29, 1.82) is 0 Å². The molecule has 2 unspecified atom stereocenters. The third-order valence-corrected chi connectivity index (χ3v) is 4.80. The molecule has 3 rings (SSSR count). The molecule has 0 amide bonds. The zero-order valence-electron chi connectivity index (χ0n) is 12.2. The van der Waals surface area contributed by atoms with Crippen molar-refractivity contribution in [1.82, 2.24) is 0 Å². The van der Waals surface area contributed by atoms with Gasteiger partial charge >= 0.3 is 0 Å². The van der Waals surface area contributed by atoms with Crippen LogP contribution in [0.15, 0.2) is 46.9 Å². The fraction of sp³-hybridized carbons (Fsp3) is 0.333. The molecule has 3 heteroatoms. The molecule has 0 bridgehead atoms. The van der Waals surface area contributed by atoms with Crippen LogP contribution >= 0.6 is 15.9 Å². The average molecular weight is 346 g/mol. The fourth-order valence-electron chi connectivity index (χ4n) is 2.96. The Morgan fingerprint density at radius 1 is 1.29 bits per heavy atom. The normalized spacial score (nSPS) is 19.1. The van der Waals surface area contributed by atoms with Crippen molar-refractivity contribution < 1.29 is 4.74 Å². The highest BCUT2D eigenvalue weighted by Gasteiger charge is 2.24. The van der Waals surface area contributed by atoms with E-state index in [0.29, 0.717) is 0 Å². The molecule has 0 spiro atoms. The molecule has 2 N–H and O–H groups in total. The first-order valence-corrected chi connectivity index (χ1v) is 8.15. The lowest BCUT2D eigenvalue weighted by Gasteiger charge is -2.28. The smallest absolute Gasteiger partial charge is 0.0845 e. The van der Waals surface area contributed by atoms with Gasteiger partial charge in [0.15, 0.2) is 0 Å². The second kappa shape index (κ2) is 6.30. The molecule has 0 aliphatic carbocycles. The molecular weight excluding hydrogens is 326 g/mol. The van der Waals surface area contributed by atoms with Gasteiger partial charge in [-0.05, 0) is 48.1 Å². The summed E-state index contributed by atoms with van der Waals surface area (Å²) < 4.78 is 7.05. The molecule has 2 aromatic carbocycles. The molecule has 1 heterocycles. The first-order chi connectivity index (χ1) is 10.1. The van der Waals surface area contributed by atoms with E-state index >= 15 is 0 Å². The molecule has 2 nitrogen and oxygen atoms in total. The molecule has 1 aliphatic heterocycles. The van der Waals surface area contributed by atoms with Gasteiger partial charge in [-0.3, -0.25) is 0 Å². The van der Waals surface area contributed by atoms with Gasteiger partial charge in [-0.25, -0.2) is 0 Å². The summed E-state index contributed by atoms with van der Waals surface area (Å²) in [6.07, 6.45) is 1.90. The van der Waals surface area contributed by atoms with E-state index in [-0.39, 0.29) is 12.1 Å². The van der Waals surface area contributed by atoms with Crippen LogP contribution in [0.25, 0.3) is 0 Å². The van der Waals surface area contributed by atoms with E-state index < -0.39 is 0 Å². The van der Waals surface area contributed by atoms with Gasteiger partial charge in [-0.2, -0.15) is 0 Å². The highest BCUT2D eigenvalue weighted by molar-refractivity contribution is 9.10. The van der Waals surface area contributed by atoms with Crippen LogP contribution in [0.1, 0.15) is 40.8 Å². The molecule has 2 aromatic rings. The average Bonchev–Trinajstić information content (AvgIpc) is 2.47. The second-order valence-electron chi connectivity index (χ2n) is 5.68. The van der Waals surface area contributed by atoms with Gasteiger partial charge in [0, 0.05) is 10.5 Å². The summed E-state index contributed by atoms with van der Waals surface area (Å²) in [7, 11) is 0. The molecule has 0 fully saturated rings. The number of fused-ring (bicyclic) bond motifs is 1. The van der Waals surface area contributed by atoms with Crippen molar-refractivity contribution in [3.05, 3.63) is 69.2 Å². The number of ether oxygens (including phenoxy) is 1. The number of rotatable bonds is 3. The van der Waals surface area contributed by atoms with Crippen molar-refractivity contribution >= 4 is 15.9 Å². The zero-order valence-corrected chi connectivity index (χ0v) is 13.8. The molecule has 0 saturated heterocycles. The Labute approximate surface area is 134 Å². The first-order valence-electron chi connectivity index (χ1n) is 7.36. The lowest BCUT2D eigenvalue weighted by atomic mass is 9.91. The number of benzene rings is 2. The van der Waals surface area contributed by atoms with Crippen LogP contribution in [0, 0.1) is 6.92 Å².